The average molecular weight is 576 g/mol. The van der Waals surface area contributed by atoms with Crippen molar-refractivity contribution in [2.75, 3.05) is 25.7 Å². The second-order valence-corrected chi connectivity index (χ2v) is 9.45. The molecule has 10 heteroatoms. The van der Waals surface area contributed by atoms with Gasteiger partial charge in [0.15, 0.2) is 0 Å². The second-order valence-electron chi connectivity index (χ2n) is 8.53. The third-order valence-corrected chi connectivity index (χ3v) is 6.67. The fourth-order valence-electron chi connectivity index (χ4n) is 4.24. The number of benzene rings is 2. The van der Waals surface area contributed by atoms with Crippen molar-refractivity contribution in [3.8, 4) is 17.4 Å². The topological polar surface area (TPSA) is 98.7 Å². The summed E-state index contributed by atoms with van der Waals surface area (Å²) in [4.78, 5) is 28.7. The van der Waals surface area contributed by atoms with Crippen LogP contribution in [0.2, 0.25) is 0 Å². The van der Waals surface area contributed by atoms with Crippen LogP contribution in [0.5, 0.6) is 17.4 Å². The van der Waals surface area contributed by atoms with Crippen LogP contribution in [0.15, 0.2) is 71.5 Å². The number of amides is 1. The number of nitrogens with zero attached hydrogens (tertiary/aromatic N) is 4. The van der Waals surface area contributed by atoms with Crippen LogP contribution in [0.1, 0.15) is 27.2 Å². The molecule has 3 heterocycles. The Hall–Kier alpha value is -4.18. The molecule has 5 rings (SSSR count). The SMILES string of the molecule is COc1ccc(OC)c(COc2nc(N3CCc4cc(Br)ccc43)ncc2C(=O)NCc2ccccn2)c1. The van der Waals surface area contributed by atoms with E-state index >= 15 is 0 Å². The van der Waals surface area contributed by atoms with E-state index < -0.39 is 0 Å². The highest BCUT2D eigenvalue weighted by Crippen LogP contribution is 2.35. The molecule has 1 aliphatic rings. The van der Waals surface area contributed by atoms with E-state index in [2.05, 4.69) is 37.3 Å². The van der Waals surface area contributed by atoms with Crippen molar-refractivity contribution in [2.45, 2.75) is 19.6 Å². The highest BCUT2D eigenvalue weighted by Gasteiger charge is 2.25. The molecule has 0 spiro atoms. The largest absolute Gasteiger partial charge is 0.497 e. The lowest BCUT2D eigenvalue weighted by atomic mass is 10.2. The number of methoxy groups -OCH3 is 2. The number of carbonyl (C=O) groups is 1. The van der Waals surface area contributed by atoms with Gasteiger partial charge in [-0.15, -0.1) is 0 Å². The van der Waals surface area contributed by atoms with Crippen molar-refractivity contribution < 1.29 is 19.0 Å². The molecule has 2 aromatic carbocycles. The standard InChI is InChI=1S/C28H26BrN5O4/c1-36-22-7-9-25(37-2)19(14-22)17-38-27-23(26(35)31-15-21-5-3-4-11-30-21)16-32-28(33-27)34-12-10-18-13-20(29)6-8-24(18)34/h3-9,11,13-14,16H,10,12,15,17H2,1-2H3,(H,31,35). The third-order valence-electron chi connectivity index (χ3n) is 6.17. The summed E-state index contributed by atoms with van der Waals surface area (Å²) in [7, 11) is 3.19. The molecule has 1 N–H and O–H groups in total. The smallest absolute Gasteiger partial charge is 0.258 e. The van der Waals surface area contributed by atoms with Gasteiger partial charge in [-0.1, -0.05) is 22.0 Å². The maximum atomic E-state index is 13.2. The first-order valence-corrected chi connectivity index (χ1v) is 12.8. The quantitative estimate of drug-likeness (QED) is 0.302. The van der Waals surface area contributed by atoms with Gasteiger partial charge in [0.05, 0.1) is 26.5 Å². The Morgan fingerprint density at radius 1 is 1.08 bits per heavy atom. The normalized spacial score (nSPS) is 12.1. The van der Waals surface area contributed by atoms with Crippen LogP contribution in [0, 0.1) is 0 Å². The Morgan fingerprint density at radius 2 is 1.97 bits per heavy atom. The molecule has 0 radical (unpaired) electrons. The number of pyridine rings is 1. The van der Waals surface area contributed by atoms with Crippen LogP contribution < -0.4 is 24.4 Å². The summed E-state index contributed by atoms with van der Waals surface area (Å²) in [6.45, 7) is 1.10. The fourth-order valence-corrected chi connectivity index (χ4v) is 4.65. The Balaban J connectivity index is 1.45. The Morgan fingerprint density at radius 3 is 2.76 bits per heavy atom. The zero-order chi connectivity index (χ0) is 26.5. The highest BCUT2D eigenvalue weighted by molar-refractivity contribution is 9.10. The molecule has 0 unspecified atom stereocenters. The van der Waals surface area contributed by atoms with E-state index in [1.54, 1.807) is 20.4 Å². The number of hydrogen-bond donors (Lipinski definition) is 1. The van der Waals surface area contributed by atoms with Crippen LogP contribution >= 0.6 is 15.9 Å². The van der Waals surface area contributed by atoms with E-state index in [4.69, 9.17) is 19.2 Å². The van der Waals surface area contributed by atoms with Crippen LogP contribution in [0.25, 0.3) is 0 Å². The number of rotatable bonds is 9. The summed E-state index contributed by atoms with van der Waals surface area (Å²) < 4.78 is 18.0. The van der Waals surface area contributed by atoms with Gasteiger partial charge in [0, 0.05) is 34.7 Å². The summed E-state index contributed by atoms with van der Waals surface area (Å²) in [5.41, 5.74) is 3.94. The lowest BCUT2D eigenvalue weighted by molar-refractivity contribution is 0.0944. The molecule has 1 aliphatic heterocycles. The molecule has 4 aromatic rings. The zero-order valence-electron chi connectivity index (χ0n) is 21.0. The number of hydrogen-bond acceptors (Lipinski definition) is 8. The predicted octanol–water partition coefficient (Wildman–Crippen LogP) is 4.85. The van der Waals surface area contributed by atoms with Gasteiger partial charge in [0.2, 0.25) is 11.8 Å². The maximum absolute atomic E-state index is 13.2. The lowest BCUT2D eigenvalue weighted by Gasteiger charge is -2.19. The molecule has 0 saturated carbocycles. The van der Waals surface area contributed by atoms with Gasteiger partial charge in [-0.2, -0.15) is 4.98 Å². The van der Waals surface area contributed by atoms with Crippen molar-refractivity contribution >= 4 is 33.5 Å². The molecule has 2 aromatic heterocycles. The third kappa shape index (κ3) is 5.55. The summed E-state index contributed by atoms with van der Waals surface area (Å²) in [5.74, 6) is 1.57. The molecule has 0 fully saturated rings. The van der Waals surface area contributed by atoms with Gasteiger partial charge in [-0.25, -0.2) is 4.98 Å². The number of carbonyl (C=O) groups excluding carboxylic acids is 1. The second kappa shape index (κ2) is 11.5. The van der Waals surface area contributed by atoms with Gasteiger partial charge in [-0.05, 0) is 60.5 Å². The molecule has 9 nitrogen and oxygen atoms in total. The van der Waals surface area contributed by atoms with Gasteiger partial charge in [-0.3, -0.25) is 9.78 Å². The number of nitrogens with one attached hydrogen (secondary N) is 1. The highest BCUT2D eigenvalue weighted by atomic mass is 79.9. The average Bonchev–Trinajstić information content (AvgIpc) is 3.38. The van der Waals surface area contributed by atoms with Crippen LogP contribution in [-0.2, 0) is 19.6 Å². The van der Waals surface area contributed by atoms with Crippen LogP contribution in [-0.4, -0.2) is 41.6 Å². The maximum Gasteiger partial charge on any atom is 0.258 e. The van der Waals surface area contributed by atoms with Gasteiger partial charge < -0.3 is 24.4 Å². The Kier molecular flexibility index (Phi) is 7.69. The minimum atomic E-state index is -0.361. The van der Waals surface area contributed by atoms with Crippen molar-refractivity contribution in [2.24, 2.45) is 0 Å². The first-order valence-electron chi connectivity index (χ1n) is 12.0. The molecule has 0 atom stereocenters. The van der Waals surface area contributed by atoms with Crippen molar-refractivity contribution in [1.82, 2.24) is 20.3 Å². The van der Waals surface area contributed by atoms with Crippen molar-refractivity contribution in [3.05, 3.63) is 93.8 Å². The van der Waals surface area contributed by atoms with E-state index in [-0.39, 0.29) is 30.5 Å². The molecule has 0 saturated heterocycles. The first kappa shape index (κ1) is 25.5. The predicted molar refractivity (Wildman–Crippen MR) is 146 cm³/mol. The number of ether oxygens (including phenoxy) is 3. The Labute approximate surface area is 228 Å². The van der Waals surface area contributed by atoms with E-state index in [1.807, 2.05) is 53.4 Å². The van der Waals surface area contributed by atoms with Crippen LogP contribution in [0.3, 0.4) is 0 Å². The molecular weight excluding hydrogens is 550 g/mol. The van der Waals surface area contributed by atoms with Gasteiger partial charge in [0.25, 0.3) is 5.91 Å². The number of anilines is 2. The summed E-state index contributed by atoms with van der Waals surface area (Å²) >= 11 is 3.54. The van der Waals surface area contributed by atoms with E-state index in [9.17, 15) is 4.79 Å². The molecule has 194 valence electrons. The molecular formula is C28H26BrN5O4. The van der Waals surface area contributed by atoms with E-state index in [1.165, 1.54) is 11.8 Å². The summed E-state index contributed by atoms with van der Waals surface area (Å²) in [5, 5.41) is 2.88. The lowest BCUT2D eigenvalue weighted by Crippen LogP contribution is -2.25. The minimum absolute atomic E-state index is 0.112. The number of fused-ring (bicyclic) bond motifs is 1. The minimum Gasteiger partial charge on any atom is -0.497 e. The van der Waals surface area contributed by atoms with Gasteiger partial charge in [0.1, 0.15) is 23.7 Å². The van der Waals surface area contributed by atoms with Crippen molar-refractivity contribution in [1.29, 1.82) is 0 Å². The molecule has 38 heavy (non-hydrogen) atoms. The zero-order valence-corrected chi connectivity index (χ0v) is 22.6. The van der Waals surface area contributed by atoms with E-state index in [0.717, 1.165) is 34.4 Å². The number of aromatic nitrogens is 3. The molecule has 1 amide bonds. The van der Waals surface area contributed by atoms with Crippen molar-refractivity contribution in [3.63, 3.8) is 0 Å². The monoisotopic (exact) mass is 575 g/mol. The fraction of sp³-hybridized carbons (Fsp3) is 0.214. The Bertz CT molecular complexity index is 1450. The van der Waals surface area contributed by atoms with Crippen LogP contribution in [0.4, 0.5) is 11.6 Å². The summed E-state index contributed by atoms with van der Waals surface area (Å²) in [6.07, 6.45) is 4.05. The summed E-state index contributed by atoms with van der Waals surface area (Å²) in [6, 6.07) is 17.1. The van der Waals surface area contributed by atoms with E-state index in [0.29, 0.717) is 17.4 Å². The molecule has 0 aliphatic carbocycles. The number of halogens is 1. The first-order chi connectivity index (χ1) is 18.6. The van der Waals surface area contributed by atoms with Gasteiger partial charge >= 0.3 is 0 Å². The molecule has 0 bridgehead atoms.